The molecule has 1 saturated carbocycles. The summed E-state index contributed by atoms with van der Waals surface area (Å²) in [5.41, 5.74) is -0.675. The zero-order valence-electron chi connectivity index (χ0n) is 16.9. The van der Waals surface area contributed by atoms with Gasteiger partial charge in [0, 0.05) is 5.41 Å². The molecular formula is C23H27NO5. The SMILES string of the molecule is C=CC[C@@]12C[C@@](C)(O)[C@@](O)(c3ncco3)C[C@H]1CCc1cc(C(=O)OC)ccc12. The van der Waals surface area contributed by atoms with E-state index < -0.39 is 11.2 Å². The summed E-state index contributed by atoms with van der Waals surface area (Å²) < 4.78 is 10.3. The summed E-state index contributed by atoms with van der Waals surface area (Å²) in [5.74, 6) is -0.0998. The molecule has 1 aromatic heterocycles. The van der Waals surface area contributed by atoms with E-state index in [-0.39, 0.29) is 23.2 Å². The number of esters is 1. The van der Waals surface area contributed by atoms with Gasteiger partial charge in [0.05, 0.1) is 18.9 Å². The van der Waals surface area contributed by atoms with E-state index in [9.17, 15) is 15.0 Å². The molecule has 29 heavy (non-hydrogen) atoms. The Bertz CT molecular complexity index is 935. The molecule has 1 heterocycles. The highest BCUT2D eigenvalue weighted by molar-refractivity contribution is 5.89. The van der Waals surface area contributed by atoms with Crippen LogP contribution in [0.1, 0.15) is 60.0 Å². The maximum atomic E-state index is 12.0. The highest BCUT2D eigenvalue weighted by Crippen LogP contribution is 2.59. The van der Waals surface area contributed by atoms with Crippen molar-refractivity contribution in [2.24, 2.45) is 5.92 Å². The van der Waals surface area contributed by atoms with Crippen molar-refractivity contribution in [1.82, 2.24) is 4.98 Å². The molecule has 2 aliphatic rings. The van der Waals surface area contributed by atoms with Crippen LogP contribution in [0, 0.1) is 5.92 Å². The molecule has 0 unspecified atom stereocenters. The van der Waals surface area contributed by atoms with E-state index in [2.05, 4.69) is 11.6 Å². The fraction of sp³-hybridized carbons (Fsp3) is 0.478. The van der Waals surface area contributed by atoms with Crippen LogP contribution in [0.2, 0.25) is 0 Å². The van der Waals surface area contributed by atoms with Crippen molar-refractivity contribution in [2.75, 3.05) is 7.11 Å². The van der Waals surface area contributed by atoms with Gasteiger partial charge in [-0.2, -0.15) is 0 Å². The third kappa shape index (κ3) is 2.85. The predicted molar refractivity (Wildman–Crippen MR) is 106 cm³/mol. The highest BCUT2D eigenvalue weighted by Gasteiger charge is 2.63. The number of aryl methyl sites for hydroxylation is 1. The standard InChI is InChI=1S/C23H27NO5/c1-4-9-22-14-21(2,26)23(27,20-24-10-11-29-20)13-17(22)7-5-15-12-16(19(25)28-3)6-8-18(15)22/h4,6,8,10-12,17,26-27H,1,5,7,9,13-14H2,2-3H3/t17-,21-,22-,23+/m1/s1. The Morgan fingerprint density at radius 1 is 1.45 bits per heavy atom. The van der Waals surface area contributed by atoms with E-state index in [0.29, 0.717) is 24.8 Å². The molecule has 0 bridgehead atoms. The summed E-state index contributed by atoms with van der Waals surface area (Å²) in [6, 6.07) is 5.65. The Labute approximate surface area is 170 Å². The van der Waals surface area contributed by atoms with Crippen LogP contribution < -0.4 is 0 Å². The number of fused-ring (bicyclic) bond motifs is 3. The number of aromatic nitrogens is 1. The Kier molecular flexibility index (Phi) is 4.67. The average molecular weight is 397 g/mol. The van der Waals surface area contributed by atoms with E-state index in [0.717, 1.165) is 24.0 Å². The molecule has 0 aliphatic heterocycles. The predicted octanol–water partition coefficient (Wildman–Crippen LogP) is 3.27. The maximum absolute atomic E-state index is 12.0. The van der Waals surface area contributed by atoms with Gasteiger partial charge in [0.25, 0.3) is 0 Å². The van der Waals surface area contributed by atoms with Crippen molar-refractivity contribution in [3.8, 4) is 0 Å². The van der Waals surface area contributed by atoms with E-state index in [1.165, 1.54) is 19.6 Å². The second-order valence-electron chi connectivity index (χ2n) is 8.60. The molecule has 6 nitrogen and oxygen atoms in total. The molecule has 0 radical (unpaired) electrons. The number of carbonyl (C=O) groups is 1. The lowest BCUT2D eigenvalue weighted by molar-refractivity contribution is -0.214. The summed E-state index contributed by atoms with van der Waals surface area (Å²) in [7, 11) is 1.37. The summed E-state index contributed by atoms with van der Waals surface area (Å²) in [4.78, 5) is 16.1. The number of methoxy groups -OCH3 is 1. The van der Waals surface area contributed by atoms with Crippen LogP contribution in [-0.4, -0.2) is 33.9 Å². The zero-order valence-corrected chi connectivity index (χ0v) is 16.9. The minimum atomic E-state index is -1.56. The molecule has 1 aromatic carbocycles. The van der Waals surface area contributed by atoms with Crippen LogP contribution in [0.4, 0.5) is 0 Å². The number of allylic oxidation sites excluding steroid dienone is 1. The molecule has 154 valence electrons. The molecule has 2 aliphatic carbocycles. The van der Waals surface area contributed by atoms with Crippen LogP contribution in [0.5, 0.6) is 0 Å². The van der Waals surface area contributed by atoms with Gasteiger partial charge in [-0.1, -0.05) is 12.1 Å². The summed E-state index contributed by atoms with van der Waals surface area (Å²) in [5, 5.41) is 22.9. The molecule has 0 saturated heterocycles. The number of nitrogens with zero attached hydrogens (tertiary/aromatic N) is 1. The molecule has 2 aromatic rings. The van der Waals surface area contributed by atoms with Crippen molar-refractivity contribution in [2.45, 2.75) is 55.6 Å². The first-order valence-corrected chi connectivity index (χ1v) is 9.95. The monoisotopic (exact) mass is 397 g/mol. The Morgan fingerprint density at radius 3 is 2.90 bits per heavy atom. The second kappa shape index (κ2) is 6.82. The topological polar surface area (TPSA) is 92.8 Å². The van der Waals surface area contributed by atoms with E-state index in [1.54, 1.807) is 13.0 Å². The van der Waals surface area contributed by atoms with Gasteiger partial charge in [-0.15, -0.1) is 6.58 Å². The van der Waals surface area contributed by atoms with Crippen LogP contribution >= 0.6 is 0 Å². The van der Waals surface area contributed by atoms with E-state index in [1.807, 2.05) is 18.2 Å². The molecule has 4 atom stereocenters. The first-order chi connectivity index (χ1) is 13.8. The second-order valence-corrected chi connectivity index (χ2v) is 8.60. The van der Waals surface area contributed by atoms with Gasteiger partial charge in [0.2, 0.25) is 5.89 Å². The van der Waals surface area contributed by atoms with Gasteiger partial charge in [-0.3, -0.25) is 0 Å². The Hall–Kier alpha value is -2.44. The Morgan fingerprint density at radius 2 is 2.24 bits per heavy atom. The first-order valence-electron chi connectivity index (χ1n) is 9.95. The normalized spacial score (nSPS) is 33.4. The van der Waals surface area contributed by atoms with Gasteiger partial charge >= 0.3 is 5.97 Å². The van der Waals surface area contributed by atoms with E-state index >= 15 is 0 Å². The number of rotatable bonds is 4. The molecule has 0 spiro atoms. The minimum Gasteiger partial charge on any atom is -0.465 e. The minimum absolute atomic E-state index is 0.106. The number of ether oxygens (including phenoxy) is 1. The summed E-state index contributed by atoms with van der Waals surface area (Å²) >= 11 is 0. The van der Waals surface area contributed by atoms with Gasteiger partial charge in [0.1, 0.15) is 11.9 Å². The Balaban J connectivity index is 1.82. The van der Waals surface area contributed by atoms with Crippen LogP contribution in [0.25, 0.3) is 0 Å². The number of aliphatic hydroxyl groups is 2. The van der Waals surface area contributed by atoms with E-state index in [4.69, 9.17) is 9.15 Å². The summed E-state index contributed by atoms with van der Waals surface area (Å²) in [6.45, 7) is 5.61. The first kappa shape index (κ1) is 19.9. The van der Waals surface area contributed by atoms with Gasteiger partial charge < -0.3 is 19.4 Å². The van der Waals surface area contributed by atoms with Gasteiger partial charge in [0.15, 0.2) is 5.60 Å². The number of carbonyl (C=O) groups excluding carboxylic acids is 1. The summed E-state index contributed by atoms with van der Waals surface area (Å²) in [6.07, 6.45) is 7.73. The number of benzene rings is 1. The van der Waals surface area contributed by atoms with Crippen LogP contribution in [0.3, 0.4) is 0 Å². The molecule has 2 N–H and O–H groups in total. The van der Waals surface area contributed by atoms with Gasteiger partial charge in [-0.05, 0) is 68.2 Å². The van der Waals surface area contributed by atoms with Crippen molar-refractivity contribution >= 4 is 5.97 Å². The quantitative estimate of drug-likeness (QED) is 0.608. The molecular weight excluding hydrogens is 370 g/mol. The molecule has 0 amide bonds. The highest BCUT2D eigenvalue weighted by atomic mass is 16.5. The smallest absolute Gasteiger partial charge is 0.337 e. The lowest BCUT2D eigenvalue weighted by Crippen LogP contribution is -2.62. The number of hydrogen-bond donors (Lipinski definition) is 2. The van der Waals surface area contributed by atoms with Gasteiger partial charge in [-0.25, -0.2) is 9.78 Å². The number of hydrogen-bond acceptors (Lipinski definition) is 6. The van der Waals surface area contributed by atoms with Crippen molar-refractivity contribution < 1.29 is 24.2 Å². The van der Waals surface area contributed by atoms with Crippen molar-refractivity contribution in [3.63, 3.8) is 0 Å². The average Bonchev–Trinajstić information content (AvgIpc) is 3.23. The number of oxazole rings is 1. The lowest BCUT2D eigenvalue weighted by Gasteiger charge is -2.57. The van der Waals surface area contributed by atoms with Crippen molar-refractivity contribution in [1.29, 1.82) is 0 Å². The third-order valence-corrected chi connectivity index (χ3v) is 6.99. The zero-order chi connectivity index (χ0) is 20.9. The van der Waals surface area contributed by atoms with Crippen molar-refractivity contribution in [3.05, 3.63) is 65.9 Å². The largest absolute Gasteiger partial charge is 0.465 e. The van der Waals surface area contributed by atoms with Crippen LogP contribution in [0.15, 0.2) is 47.7 Å². The fourth-order valence-electron chi connectivity index (χ4n) is 5.58. The maximum Gasteiger partial charge on any atom is 0.337 e. The third-order valence-electron chi connectivity index (χ3n) is 6.99. The molecule has 4 rings (SSSR count). The van der Waals surface area contributed by atoms with Crippen LogP contribution in [-0.2, 0) is 22.2 Å². The molecule has 1 fully saturated rings. The lowest BCUT2D eigenvalue weighted by atomic mass is 9.49. The molecule has 6 heteroatoms. The fourth-order valence-corrected chi connectivity index (χ4v) is 5.58.